The van der Waals surface area contributed by atoms with Crippen molar-refractivity contribution in [2.45, 2.75) is 6.54 Å². The van der Waals surface area contributed by atoms with E-state index < -0.39 is 0 Å². The van der Waals surface area contributed by atoms with Crippen LogP contribution in [-0.4, -0.2) is 15.9 Å². The Morgan fingerprint density at radius 3 is 2.50 bits per heavy atom. The van der Waals surface area contributed by atoms with E-state index in [1.165, 1.54) is 0 Å². The van der Waals surface area contributed by atoms with Gasteiger partial charge in [0.15, 0.2) is 0 Å². The summed E-state index contributed by atoms with van der Waals surface area (Å²) in [6.07, 6.45) is 0. The van der Waals surface area contributed by atoms with Gasteiger partial charge in [-0.25, -0.2) is 4.98 Å². The van der Waals surface area contributed by atoms with Gasteiger partial charge in [0.2, 0.25) is 5.95 Å². The summed E-state index contributed by atoms with van der Waals surface area (Å²) in [4.78, 5) is 22.1. The minimum atomic E-state index is 0.0543. The summed E-state index contributed by atoms with van der Waals surface area (Å²) in [5.74, 6) is 0.752. The molecule has 2 heterocycles. The molecule has 0 spiro atoms. The van der Waals surface area contributed by atoms with Crippen LogP contribution in [0.15, 0.2) is 72.8 Å². The molecule has 1 aliphatic heterocycles. The Kier molecular flexibility index (Phi) is 3.25. The summed E-state index contributed by atoms with van der Waals surface area (Å²) in [5, 5.41) is 3.27. The van der Waals surface area contributed by atoms with Crippen LogP contribution in [0.4, 0.5) is 17.3 Å². The lowest BCUT2D eigenvalue weighted by molar-refractivity contribution is 0.0996. The van der Waals surface area contributed by atoms with Crippen LogP contribution in [0.2, 0.25) is 0 Å². The third-order valence-electron chi connectivity index (χ3n) is 4.65. The van der Waals surface area contributed by atoms with Gasteiger partial charge in [0.25, 0.3) is 5.91 Å². The zero-order chi connectivity index (χ0) is 17.5. The van der Waals surface area contributed by atoms with E-state index in [1.807, 2.05) is 72.8 Å². The van der Waals surface area contributed by atoms with Gasteiger partial charge in [0, 0.05) is 16.9 Å². The highest BCUT2D eigenvalue weighted by Gasteiger charge is 2.27. The van der Waals surface area contributed by atoms with Gasteiger partial charge in [-0.05, 0) is 48.0 Å². The zero-order valence-corrected chi connectivity index (χ0v) is 13.9. The zero-order valence-electron chi connectivity index (χ0n) is 13.9. The van der Waals surface area contributed by atoms with Gasteiger partial charge in [0.1, 0.15) is 0 Å². The third-order valence-corrected chi connectivity index (χ3v) is 4.65. The standard InChI is InChI=1S/C21H16N4O/c26-20-17-6-2-1-5-14(17)13-25(20)16-11-9-15(10-12-16)22-21-23-18-7-3-4-8-19(18)24-21/h1-12H,13H2,(H2,22,23,24). The third kappa shape index (κ3) is 2.41. The first-order valence-corrected chi connectivity index (χ1v) is 8.49. The maximum atomic E-state index is 12.6. The molecule has 1 aliphatic rings. The molecule has 5 rings (SSSR count). The number of fused-ring (bicyclic) bond motifs is 2. The number of hydrogen-bond donors (Lipinski definition) is 2. The average Bonchev–Trinajstić information content (AvgIpc) is 3.23. The van der Waals surface area contributed by atoms with Crippen molar-refractivity contribution in [3.63, 3.8) is 0 Å². The molecule has 0 aliphatic carbocycles. The maximum absolute atomic E-state index is 12.6. The fraction of sp³-hybridized carbons (Fsp3) is 0.0476. The number of rotatable bonds is 3. The Hall–Kier alpha value is -3.60. The Labute approximate surface area is 150 Å². The Morgan fingerprint density at radius 1 is 0.923 bits per heavy atom. The minimum absolute atomic E-state index is 0.0543. The van der Waals surface area contributed by atoms with Crippen LogP contribution in [0, 0.1) is 0 Å². The molecular formula is C21H16N4O. The van der Waals surface area contributed by atoms with Crippen LogP contribution in [-0.2, 0) is 6.54 Å². The van der Waals surface area contributed by atoms with E-state index in [2.05, 4.69) is 15.3 Å². The van der Waals surface area contributed by atoms with Gasteiger partial charge in [-0.2, -0.15) is 0 Å². The first-order chi connectivity index (χ1) is 12.8. The lowest BCUT2D eigenvalue weighted by atomic mass is 10.1. The predicted molar refractivity (Wildman–Crippen MR) is 103 cm³/mol. The van der Waals surface area contributed by atoms with Crippen LogP contribution in [0.3, 0.4) is 0 Å². The molecule has 0 fully saturated rings. The van der Waals surface area contributed by atoms with Crippen molar-refractivity contribution in [1.29, 1.82) is 0 Å². The monoisotopic (exact) mass is 340 g/mol. The van der Waals surface area contributed by atoms with Gasteiger partial charge in [-0.1, -0.05) is 30.3 Å². The highest BCUT2D eigenvalue weighted by Crippen LogP contribution is 2.29. The molecule has 5 heteroatoms. The predicted octanol–water partition coefficient (Wildman–Crippen LogP) is 4.47. The average molecular weight is 340 g/mol. The van der Waals surface area contributed by atoms with Gasteiger partial charge in [0.05, 0.1) is 17.6 Å². The van der Waals surface area contributed by atoms with Crippen molar-refractivity contribution in [3.8, 4) is 0 Å². The molecule has 4 aromatic rings. The number of imidazole rings is 1. The Bertz CT molecular complexity index is 1080. The van der Waals surface area contributed by atoms with Crippen molar-refractivity contribution in [1.82, 2.24) is 9.97 Å². The van der Waals surface area contributed by atoms with Crippen molar-refractivity contribution >= 4 is 34.3 Å². The van der Waals surface area contributed by atoms with E-state index in [4.69, 9.17) is 0 Å². The van der Waals surface area contributed by atoms with Crippen LogP contribution in [0.25, 0.3) is 11.0 Å². The van der Waals surface area contributed by atoms with Crippen LogP contribution < -0.4 is 10.2 Å². The largest absolute Gasteiger partial charge is 0.326 e. The van der Waals surface area contributed by atoms with Crippen molar-refractivity contribution in [2.75, 3.05) is 10.2 Å². The molecular weight excluding hydrogens is 324 g/mol. The summed E-state index contributed by atoms with van der Waals surface area (Å²) < 4.78 is 0. The molecule has 0 bridgehead atoms. The summed E-state index contributed by atoms with van der Waals surface area (Å²) >= 11 is 0. The van der Waals surface area contributed by atoms with Gasteiger partial charge in [-0.3, -0.25) is 4.79 Å². The van der Waals surface area contributed by atoms with Gasteiger partial charge >= 0.3 is 0 Å². The number of nitrogens with one attached hydrogen (secondary N) is 2. The Balaban J connectivity index is 1.37. The molecule has 0 saturated heterocycles. The number of carbonyl (C=O) groups is 1. The fourth-order valence-corrected chi connectivity index (χ4v) is 3.34. The number of aromatic nitrogens is 2. The number of para-hydroxylation sites is 2. The summed E-state index contributed by atoms with van der Waals surface area (Å²) in [7, 11) is 0. The lowest BCUT2D eigenvalue weighted by Gasteiger charge is -2.16. The van der Waals surface area contributed by atoms with E-state index in [9.17, 15) is 4.79 Å². The van der Waals surface area contributed by atoms with Crippen molar-refractivity contribution < 1.29 is 4.79 Å². The smallest absolute Gasteiger partial charge is 0.258 e. The molecule has 1 aromatic heterocycles. The number of amides is 1. The first kappa shape index (κ1) is 14.7. The second-order valence-corrected chi connectivity index (χ2v) is 6.32. The van der Waals surface area contributed by atoms with E-state index in [0.29, 0.717) is 12.5 Å². The normalized spacial score (nSPS) is 13.2. The number of hydrogen-bond acceptors (Lipinski definition) is 3. The van der Waals surface area contributed by atoms with E-state index in [0.717, 1.165) is 33.5 Å². The minimum Gasteiger partial charge on any atom is -0.326 e. The molecule has 3 aromatic carbocycles. The van der Waals surface area contributed by atoms with E-state index in [-0.39, 0.29) is 5.91 Å². The molecule has 126 valence electrons. The van der Waals surface area contributed by atoms with Crippen molar-refractivity contribution in [2.24, 2.45) is 0 Å². The van der Waals surface area contributed by atoms with Crippen molar-refractivity contribution in [3.05, 3.63) is 83.9 Å². The fourth-order valence-electron chi connectivity index (χ4n) is 3.34. The van der Waals surface area contributed by atoms with E-state index in [1.54, 1.807) is 4.90 Å². The number of benzene rings is 3. The highest BCUT2D eigenvalue weighted by atomic mass is 16.2. The summed E-state index contributed by atoms with van der Waals surface area (Å²) in [6.45, 7) is 0.616. The molecule has 0 radical (unpaired) electrons. The molecule has 2 N–H and O–H groups in total. The van der Waals surface area contributed by atoms with Crippen LogP contribution in [0.1, 0.15) is 15.9 Å². The number of anilines is 3. The molecule has 0 saturated carbocycles. The molecule has 1 amide bonds. The number of nitrogens with zero attached hydrogens (tertiary/aromatic N) is 2. The molecule has 5 nitrogen and oxygen atoms in total. The van der Waals surface area contributed by atoms with E-state index >= 15 is 0 Å². The Morgan fingerprint density at radius 2 is 1.69 bits per heavy atom. The number of H-pyrrole nitrogens is 1. The summed E-state index contributed by atoms with van der Waals surface area (Å²) in [6, 6.07) is 23.5. The van der Waals surface area contributed by atoms with Gasteiger partial charge in [-0.15, -0.1) is 0 Å². The number of carbonyl (C=O) groups excluding carboxylic acids is 1. The summed E-state index contributed by atoms with van der Waals surface area (Å²) in [5.41, 5.74) is 5.58. The van der Waals surface area contributed by atoms with Crippen LogP contribution >= 0.6 is 0 Å². The second kappa shape index (κ2) is 5.74. The first-order valence-electron chi connectivity index (χ1n) is 8.49. The maximum Gasteiger partial charge on any atom is 0.258 e. The van der Waals surface area contributed by atoms with Gasteiger partial charge < -0.3 is 15.2 Å². The lowest BCUT2D eigenvalue weighted by Crippen LogP contribution is -2.22. The quantitative estimate of drug-likeness (QED) is 0.578. The number of aromatic amines is 1. The molecule has 0 atom stereocenters. The molecule has 26 heavy (non-hydrogen) atoms. The SMILES string of the molecule is O=C1c2ccccc2CN1c1ccc(Nc2nc3ccccc3[nH]2)cc1. The topological polar surface area (TPSA) is 61.0 Å². The molecule has 0 unspecified atom stereocenters. The van der Waals surface area contributed by atoms with Crippen LogP contribution in [0.5, 0.6) is 0 Å². The highest BCUT2D eigenvalue weighted by molar-refractivity contribution is 6.10. The second-order valence-electron chi connectivity index (χ2n) is 6.32.